The monoisotopic (exact) mass is 462 g/mol. The summed E-state index contributed by atoms with van der Waals surface area (Å²) in [6.45, 7) is 1.48. The maximum absolute atomic E-state index is 12.7. The Bertz CT molecular complexity index is 1100. The highest BCUT2D eigenvalue weighted by Gasteiger charge is 2.50. The maximum Gasteiger partial charge on any atom is 0.329 e. The van der Waals surface area contributed by atoms with E-state index in [2.05, 4.69) is 5.32 Å². The summed E-state index contributed by atoms with van der Waals surface area (Å²) in [5.41, 5.74) is 1.77. The van der Waals surface area contributed by atoms with Gasteiger partial charge in [0.1, 0.15) is 18.4 Å². The molecule has 4 rings (SSSR count). The van der Waals surface area contributed by atoms with Gasteiger partial charge in [-0.1, -0.05) is 24.3 Å². The van der Waals surface area contributed by atoms with Crippen LogP contribution < -0.4 is 10.1 Å². The molecule has 1 aliphatic carbocycles. The fourth-order valence-electron chi connectivity index (χ4n) is 4.22. The molecule has 1 aliphatic heterocycles. The summed E-state index contributed by atoms with van der Waals surface area (Å²) in [5.74, 6) is -1.61. The Morgan fingerprint density at radius 2 is 1.56 bits per heavy atom. The molecular formula is C26H26N2O6. The Labute approximate surface area is 197 Å². The van der Waals surface area contributed by atoms with Gasteiger partial charge in [-0.05, 0) is 61.7 Å². The van der Waals surface area contributed by atoms with E-state index < -0.39 is 12.0 Å². The minimum Gasteiger partial charge on any atom is -0.497 e. The third-order valence-electron chi connectivity index (χ3n) is 6.22. The molecule has 0 aromatic heterocycles. The number of likely N-dealkylation sites (tertiary alicyclic amines) is 1. The molecule has 0 spiro atoms. The zero-order valence-electron chi connectivity index (χ0n) is 19.0. The second-order valence-electron chi connectivity index (χ2n) is 8.37. The molecule has 34 heavy (non-hydrogen) atoms. The van der Waals surface area contributed by atoms with E-state index in [1.54, 1.807) is 55.6 Å². The molecular weight excluding hydrogens is 436 g/mol. The van der Waals surface area contributed by atoms with Crippen LogP contribution in [0.4, 0.5) is 5.69 Å². The Balaban J connectivity index is 1.31. The Hall–Kier alpha value is -3.94. The van der Waals surface area contributed by atoms with Crippen LogP contribution in [0.3, 0.4) is 0 Å². The van der Waals surface area contributed by atoms with E-state index >= 15 is 0 Å². The first-order valence-electron chi connectivity index (χ1n) is 11.1. The molecule has 2 aromatic rings. The largest absolute Gasteiger partial charge is 0.497 e. The highest BCUT2D eigenvalue weighted by atomic mass is 16.5. The number of anilines is 1. The predicted octanol–water partition coefficient (Wildman–Crippen LogP) is 3.33. The number of ether oxygens (including phenoxy) is 2. The summed E-state index contributed by atoms with van der Waals surface area (Å²) in [5, 5.41) is 2.80. The number of hydrogen-bond acceptors (Lipinski definition) is 6. The van der Waals surface area contributed by atoms with Gasteiger partial charge in [0.05, 0.1) is 18.9 Å². The van der Waals surface area contributed by atoms with Crippen LogP contribution in [-0.2, 0) is 25.7 Å². The van der Waals surface area contributed by atoms with E-state index in [4.69, 9.17) is 9.47 Å². The molecule has 1 N–H and O–H groups in total. The highest BCUT2D eigenvalue weighted by Crippen LogP contribution is 2.36. The van der Waals surface area contributed by atoms with Crippen molar-refractivity contribution in [1.29, 1.82) is 0 Å². The van der Waals surface area contributed by atoms with Crippen molar-refractivity contribution < 1.29 is 28.7 Å². The number of nitrogens with zero attached hydrogens (tertiary/aromatic N) is 1. The number of fused-ring (bicyclic) bond motifs is 1. The average molecular weight is 463 g/mol. The number of carbonyl (C=O) groups is 4. The van der Waals surface area contributed by atoms with Gasteiger partial charge in [-0.15, -0.1) is 0 Å². The van der Waals surface area contributed by atoms with Crippen LogP contribution in [0.5, 0.6) is 5.75 Å². The summed E-state index contributed by atoms with van der Waals surface area (Å²) in [4.78, 5) is 51.4. The van der Waals surface area contributed by atoms with Gasteiger partial charge in [-0.25, -0.2) is 4.79 Å². The molecule has 8 nitrogen and oxygen atoms in total. The fraction of sp³-hybridized carbons (Fsp3) is 0.308. The SMILES string of the molecule is COc1ccc(NC(=O)c2ccc(COC(=O)C(C)N3C(=O)C4CC=CCC4C3=O)cc2)cc1. The molecule has 3 amide bonds. The number of carbonyl (C=O) groups excluding carboxylic acids is 4. The number of hydrogen-bond donors (Lipinski definition) is 1. The van der Waals surface area contributed by atoms with Gasteiger partial charge in [0.25, 0.3) is 5.91 Å². The van der Waals surface area contributed by atoms with Gasteiger partial charge in [0.2, 0.25) is 11.8 Å². The van der Waals surface area contributed by atoms with E-state index in [1.807, 2.05) is 12.2 Å². The number of methoxy groups -OCH3 is 1. The van der Waals surface area contributed by atoms with E-state index in [0.717, 1.165) is 4.90 Å². The number of esters is 1. The van der Waals surface area contributed by atoms with Crippen molar-refractivity contribution >= 4 is 29.4 Å². The molecule has 1 fully saturated rings. The summed E-state index contributed by atoms with van der Waals surface area (Å²) in [7, 11) is 1.57. The zero-order valence-corrected chi connectivity index (χ0v) is 19.0. The van der Waals surface area contributed by atoms with Crippen LogP contribution in [-0.4, -0.2) is 41.7 Å². The van der Waals surface area contributed by atoms with Crippen molar-refractivity contribution in [2.45, 2.75) is 32.4 Å². The van der Waals surface area contributed by atoms with Gasteiger partial charge in [-0.3, -0.25) is 19.3 Å². The summed E-state index contributed by atoms with van der Waals surface area (Å²) < 4.78 is 10.5. The van der Waals surface area contributed by atoms with Crippen molar-refractivity contribution in [3.05, 3.63) is 71.8 Å². The van der Waals surface area contributed by atoms with Gasteiger partial charge in [0.15, 0.2) is 0 Å². The first-order valence-corrected chi connectivity index (χ1v) is 11.1. The smallest absolute Gasteiger partial charge is 0.329 e. The second-order valence-corrected chi connectivity index (χ2v) is 8.37. The topological polar surface area (TPSA) is 102 Å². The van der Waals surface area contributed by atoms with Gasteiger partial charge >= 0.3 is 5.97 Å². The molecule has 8 heteroatoms. The van der Waals surface area contributed by atoms with Crippen LogP contribution in [0.1, 0.15) is 35.7 Å². The van der Waals surface area contributed by atoms with Gasteiger partial charge in [-0.2, -0.15) is 0 Å². The Kier molecular flexibility index (Phi) is 6.77. The summed E-state index contributed by atoms with van der Waals surface area (Å²) in [6.07, 6.45) is 4.84. The van der Waals surface area contributed by atoms with Crippen molar-refractivity contribution in [2.24, 2.45) is 11.8 Å². The first kappa shape index (κ1) is 23.2. The van der Waals surface area contributed by atoms with Crippen LogP contribution in [0.2, 0.25) is 0 Å². The van der Waals surface area contributed by atoms with Crippen molar-refractivity contribution in [2.75, 3.05) is 12.4 Å². The standard InChI is InChI=1S/C26H26N2O6/c1-16(28-24(30)21-5-3-4-6-22(21)25(28)31)26(32)34-15-17-7-9-18(10-8-17)23(29)27-19-11-13-20(33-2)14-12-19/h3-4,7-14,16,21-22H,5-6,15H2,1-2H3,(H,27,29). The second kappa shape index (κ2) is 9.91. The molecule has 2 aliphatic rings. The molecule has 0 radical (unpaired) electrons. The molecule has 3 atom stereocenters. The maximum atomic E-state index is 12.7. The fourth-order valence-corrected chi connectivity index (χ4v) is 4.22. The molecule has 1 saturated heterocycles. The van der Waals surface area contributed by atoms with Crippen molar-refractivity contribution in [3.8, 4) is 5.75 Å². The van der Waals surface area contributed by atoms with Crippen molar-refractivity contribution in [3.63, 3.8) is 0 Å². The number of rotatable bonds is 7. The number of allylic oxidation sites excluding steroid dienone is 2. The van der Waals surface area contributed by atoms with Gasteiger partial charge in [0, 0.05) is 11.3 Å². The number of nitrogens with one attached hydrogen (secondary N) is 1. The number of imide groups is 1. The third-order valence-corrected chi connectivity index (χ3v) is 6.22. The quantitative estimate of drug-likeness (QED) is 0.385. The lowest BCUT2D eigenvalue weighted by atomic mass is 9.85. The highest BCUT2D eigenvalue weighted by molar-refractivity contribution is 6.08. The van der Waals surface area contributed by atoms with Gasteiger partial charge < -0.3 is 14.8 Å². The normalized spacial score (nSPS) is 20.0. The lowest BCUT2D eigenvalue weighted by Gasteiger charge is -2.21. The average Bonchev–Trinajstić information content (AvgIpc) is 3.12. The van der Waals surface area contributed by atoms with Crippen LogP contribution >= 0.6 is 0 Å². The summed E-state index contributed by atoms with van der Waals surface area (Å²) >= 11 is 0. The lowest BCUT2D eigenvalue weighted by molar-refractivity contribution is -0.159. The minimum absolute atomic E-state index is 0.0335. The van der Waals surface area contributed by atoms with E-state index in [1.165, 1.54) is 6.92 Å². The minimum atomic E-state index is -0.986. The van der Waals surface area contributed by atoms with Crippen LogP contribution in [0.25, 0.3) is 0 Å². The Morgan fingerprint density at radius 1 is 0.971 bits per heavy atom. The summed E-state index contributed by atoms with van der Waals surface area (Å²) in [6, 6.07) is 12.7. The molecule has 176 valence electrons. The van der Waals surface area contributed by atoms with E-state index in [9.17, 15) is 19.2 Å². The Morgan fingerprint density at radius 3 is 2.12 bits per heavy atom. The molecule has 2 aromatic carbocycles. The molecule has 0 saturated carbocycles. The lowest BCUT2D eigenvalue weighted by Crippen LogP contribution is -2.44. The van der Waals surface area contributed by atoms with E-state index in [-0.39, 0.29) is 36.2 Å². The molecule has 1 heterocycles. The van der Waals surface area contributed by atoms with Crippen molar-refractivity contribution in [1.82, 2.24) is 4.90 Å². The zero-order chi connectivity index (χ0) is 24.2. The van der Waals surface area contributed by atoms with E-state index in [0.29, 0.717) is 35.4 Å². The van der Waals surface area contributed by atoms with Crippen LogP contribution in [0.15, 0.2) is 60.7 Å². The molecule has 0 bridgehead atoms. The number of benzene rings is 2. The first-order chi connectivity index (χ1) is 16.4. The third kappa shape index (κ3) is 4.71. The number of amides is 3. The predicted molar refractivity (Wildman–Crippen MR) is 124 cm³/mol. The van der Waals surface area contributed by atoms with Crippen LogP contribution in [0, 0.1) is 11.8 Å². The molecule has 3 unspecified atom stereocenters.